The monoisotopic (exact) mass is 352 g/mol. The SMILES string of the molecule is CCS(=O)(=O)Nc1nccc(CCCC2C(=O)CC(C)=CN2C)n1. The van der Waals surface area contributed by atoms with Crippen molar-refractivity contribution in [1.82, 2.24) is 14.9 Å². The van der Waals surface area contributed by atoms with E-state index in [1.54, 1.807) is 19.2 Å². The molecule has 0 aliphatic carbocycles. The van der Waals surface area contributed by atoms with Crippen LogP contribution in [0.15, 0.2) is 24.0 Å². The van der Waals surface area contributed by atoms with E-state index in [9.17, 15) is 13.2 Å². The van der Waals surface area contributed by atoms with Crippen molar-refractivity contribution in [3.8, 4) is 0 Å². The van der Waals surface area contributed by atoms with E-state index >= 15 is 0 Å². The molecule has 24 heavy (non-hydrogen) atoms. The van der Waals surface area contributed by atoms with Gasteiger partial charge in [0.25, 0.3) is 0 Å². The van der Waals surface area contributed by atoms with Crippen LogP contribution < -0.4 is 4.72 Å². The predicted molar refractivity (Wildman–Crippen MR) is 93.0 cm³/mol. The van der Waals surface area contributed by atoms with Crippen LogP contribution in [0.5, 0.6) is 0 Å². The quantitative estimate of drug-likeness (QED) is 0.803. The Labute approximate surface area is 143 Å². The lowest BCUT2D eigenvalue weighted by atomic mass is 9.95. The normalized spacial score (nSPS) is 18.5. The van der Waals surface area contributed by atoms with E-state index in [0.717, 1.165) is 24.1 Å². The number of nitrogens with zero attached hydrogens (tertiary/aromatic N) is 3. The van der Waals surface area contributed by atoms with Gasteiger partial charge in [0.2, 0.25) is 16.0 Å². The molecule has 1 aliphatic rings. The maximum absolute atomic E-state index is 12.1. The van der Waals surface area contributed by atoms with Crippen LogP contribution in [0.3, 0.4) is 0 Å². The minimum atomic E-state index is -3.38. The van der Waals surface area contributed by atoms with Gasteiger partial charge in [-0.2, -0.15) is 0 Å². The summed E-state index contributed by atoms with van der Waals surface area (Å²) < 4.78 is 25.5. The molecular weight excluding hydrogens is 328 g/mol. The number of hydrogen-bond donors (Lipinski definition) is 1. The highest BCUT2D eigenvalue weighted by Gasteiger charge is 2.25. The highest BCUT2D eigenvalue weighted by molar-refractivity contribution is 7.92. The first-order chi connectivity index (χ1) is 11.3. The Balaban J connectivity index is 1.92. The van der Waals surface area contributed by atoms with E-state index in [0.29, 0.717) is 12.8 Å². The summed E-state index contributed by atoms with van der Waals surface area (Å²) >= 11 is 0. The van der Waals surface area contributed by atoms with Gasteiger partial charge in [-0.25, -0.2) is 18.4 Å². The number of sulfonamides is 1. The number of carbonyl (C=O) groups excluding carboxylic acids is 1. The van der Waals surface area contributed by atoms with E-state index in [1.165, 1.54) is 0 Å². The number of anilines is 1. The second-order valence-electron chi connectivity index (χ2n) is 6.07. The van der Waals surface area contributed by atoms with Gasteiger partial charge < -0.3 is 4.90 Å². The molecule has 0 amide bonds. The van der Waals surface area contributed by atoms with Crippen molar-refractivity contribution < 1.29 is 13.2 Å². The van der Waals surface area contributed by atoms with Crippen LogP contribution in [0.2, 0.25) is 0 Å². The van der Waals surface area contributed by atoms with Gasteiger partial charge in [0.15, 0.2) is 5.78 Å². The summed E-state index contributed by atoms with van der Waals surface area (Å²) in [6, 6.07) is 1.67. The molecule has 0 spiro atoms. The van der Waals surface area contributed by atoms with Crippen molar-refractivity contribution >= 4 is 21.8 Å². The van der Waals surface area contributed by atoms with Crippen LogP contribution in [-0.2, 0) is 21.2 Å². The van der Waals surface area contributed by atoms with Gasteiger partial charge in [0.1, 0.15) is 0 Å². The Hall–Kier alpha value is -1.96. The summed E-state index contributed by atoms with van der Waals surface area (Å²) in [6.45, 7) is 3.52. The molecule has 8 heteroatoms. The second-order valence-corrected chi connectivity index (χ2v) is 8.08. The summed E-state index contributed by atoms with van der Waals surface area (Å²) in [5, 5.41) is 0. The van der Waals surface area contributed by atoms with E-state index in [4.69, 9.17) is 0 Å². The predicted octanol–water partition coefficient (Wildman–Crippen LogP) is 1.74. The van der Waals surface area contributed by atoms with Crippen molar-refractivity contribution in [3.05, 3.63) is 29.7 Å². The largest absolute Gasteiger partial charge is 0.370 e. The number of ketones is 1. The molecule has 1 aliphatic heterocycles. The lowest BCUT2D eigenvalue weighted by Crippen LogP contribution is -2.38. The standard InChI is InChI=1S/C16H24N4O3S/c1-4-24(22,23)19-16-17-9-8-13(18-16)6-5-7-14-15(21)10-12(2)11-20(14)3/h8-9,11,14H,4-7,10H2,1-3H3,(H,17,18,19). The Bertz CT molecular complexity index is 731. The lowest BCUT2D eigenvalue weighted by Gasteiger charge is -2.30. The summed E-state index contributed by atoms with van der Waals surface area (Å²) in [7, 11) is -1.46. The van der Waals surface area contributed by atoms with Crippen LogP contribution in [0.4, 0.5) is 5.95 Å². The molecular formula is C16H24N4O3S. The molecule has 0 saturated carbocycles. The van der Waals surface area contributed by atoms with Crippen molar-refractivity contribution in [2.45, 2.75) is 45.6 Å². The average Bonchev–Trinajstić information content (AvgIpc) is 2.50. The number of aromatic nitrogens is 2. The van der Waals surface area contributed by atoms with Gasteiger partial charge in [-0.3, -0.25) is 9.52 Å². The molecule has 132 valence electrons. The topological polar surface area (TPSA) is 92.3 Å². The summed E-state index contributed by atoms with van der Waals surface area (Å²) in [5.41, 5.74) is 1.85. The van der Waals surface area contributed by atoms with Gasteiger partial charge in [-0.05, 0) is 50.9 Å². The van der Waals surface area contributed by atoms with Crippen molar-refractivity contribution in [2.24, 2.45) is 0 Å². The maximum atomic E-state index is 12.1. The number of aryl methyl sites for hydroxylation is 1. The van der Waals surface area contributed by atoms with E-state index in [-0.39, 0.29) is 23.5 Å². The fourth-order valence-electron chi connectivity index (χ4n) is 2.74. The number of allylic oxidation sites excluding steroid dienone is 1. The first-order valence-corrected chi connectivity index (χ1v) is 9.70. The van der Waals surface area contributed by atoms with Crippen LogP contribution in [0.1, 0.15) is 38.8 Å². The number of hydrogen-bond acceptors (Lipinski definition) is 6. The van der Waals surface area contributed by atoms with Crippen molar-refractivity contribution in [3.63, 3.8) is 0 Å². The van der Waals surface area contributed by atoms with Crippen LogP contribution in [0.25, 0.3) is 0 Å². The molecule has 1 aromatic rings. The molecule has 0 saturated heterocycles. The van der Waals surface area contributed by atoms with Crippen LogP contribution in [0, 0.1) is 0 Å². The van der Waals surface area contributed by atoms with Crippen LogP contribution >= 0.6 is 0 Å². The van der Waals surface area contributed by atoms with Crippen molar-refractivity contribution in [1.29, 1.82) is 0 Å². The van der Waals surface area contributed by atoms with Gasteiger partial charge in [-0.15, -0.1) is 0 Å². The Kier molecular flexibility index (Phi) is 5.93. The zero-order valence-electron chi connectivity index (χ0n) is 14.3. The van der Waals surface area contributed by atoms with Gasteiger partial charge >= 0.3 is 0 Å². The molecule has 2 rings (SSSR count). The molecule has 0 fully saturated rings. The van der Waals surface area contributed by atoms with Crippen molar-refractivity contribution in [2.75, 3.05) is 17.5 Å². The highest BCUT2D eigenvalue weighted by atomic mass is 32.2. The van der Waals surface area contributed by atoms with E-state index < -0.39 is 10.0 Å². The minimum Gasteiger partial charge on any atom is -0.370 e. The summed E-state index contributed by atoms with van der Waals surface area (Å²) in [5.74, 6) is 0.319. The maximum Gasteiger partial charge on any atom is 0.236 e. The Morgan fingerprint density at radius 3 is 2.83 bits per heavy atom. The third-order valence-corrected chi connectivity index (χ3v) is 5.24. The van der Waals surface area contributed by atoms with Gasteiger partial charge in [0.05, 0.1) is 11.8 Å². The third kappa shape index (κ3) is 5.02. The zero-order chi connectivity index (χ0) is 17.7. The van der Waals surface area contributed by atoms with E-state index in [2.05, 4.69) is 14.7 Å². The Morgan fingerprint density at radius 2 is 2.17 bits per heavy atom. The average molecular weight is 352 g/mol. The van der Waals surface area contributed by atoms with Gasteiger partial charge in [0, 0.05) is 25.4 Å². The first kappa shape index (κ1) is 18.4. The lowest BCUT2D eigenvalue weighted by molar-refractivity contribution is -0.123. The third-order valence-electron chi connectivity index (χ3n) is 3.99. The molecule has 1 aromatic heterocycles. The number of Topliss-reactive ketones (excluding diaryl/α,β-unsaturated/α-hetero) is 1. The molecule has 1 N–H and O–H groups in total. The minimum absolute atomic E-state index is 0.0242. The van der Waals surface area contributed by atoms with Crippen LogP contribution in [-0.4, -0.2) is 47.9 Å². The molecule has 0 aromatic carbocycles. The highest BCUT2D eigenvalue weighted by Crippen LogP contribution is 2.20. The molecule has 0 radical (unpaired) electrons. The summed E-state index contributed by atoms with van der Waals surface area (Å²) in [4.78, 5) is 22.2. The first-order valence-electron chi connectivity index (χ1n) is 8.05. The zero-order valence-corrected chi connectivity index (χ0v) is 15.1. The fraction of sp³-hybridized carbons (Fsp3) is 0.562. The summed E-state index contributed by atoms with van der Waals surface area (Å²) in [6.07, 6.45) is 6.30. The number of carbonyl (C=O) groups is 1. The molecule has 0 bridgehead atoms. The number of nitrogens with one attached hydrogen (secondary N) is 1. The molecule has 1 atom stereocenters. The van der Waals surface area contributed by atoms with E-state index in [1.807, 2.05) is 25.1 Å². The fourth-order valence-corrected chi connectivity index (χ4v) is 3.26. The number of likely N-dealkylation sites (N-methyl/N-ethyl adjacent to an activating group) is 1. The smallest absolute Gasteiger partial charge is 0.236 e. The molecule has 1 unspecified atom stereocenters. The Morgan fingerprint density at radius 1 is 1.42 bits per heavy atom. The second kappa shape index (κ2) is 7.74. The molecule has 2 heterocycles. The number of rotatable bonds is 7. The van der Waals surface area contributed by atoms with Gasteiger partial charge in [-0.1, -0.05) is 0 Å². The molecule has 7 nitrogen and oxygen atoms in total.